The number of aliphatic hydroxyl groups excluding tert-OH is 1. The molecule has 1 fully saturated rings. The number of anilines is 1. The van der Waals surface area contributed by atoms with Crippen LogP contribution in [0.25, 0.3) is 0 Å². The van der Waals surface area contributed by atoms with Gasteiger partial charge in [0.1, 0.15) is 17.5 Å². The molecule has 1 aliphatic heterocycles. The van der Waals surface area contributed by atoms with Crippen LogP contribution in [0.5, 0.6) is 0 Å². The number of nitrogens with two attached hydrogens (primary N) is 1. The van der Waals surface area contributed by atoms with Crippen LogP contribution in [0.3, 0.4) is 0 Å². The Morgan fingerprint density at radius 3 is 2.44 bits per heavy atom. The van der Waals surface area contributed by atoms with Gasteiger partial charge in [0.15, 0.2) is 12.4 Å². The lowest BCUT2D eigenvalue weighted by molar-refractivity contribution is -0.0949. The van der Waals surface area contributed by atoms with Crippen LogP contribution in [-0.2, 0) is 27.1 Å². The van der Waals surface area contributed by atoms with Crippen LogP contribution >= 0.6 is 34.8 Å². The van der Waals surface area contributed by atoms with Gasteiger partial charge in [-0.2, -0.15) is 9.29 Å². The van der Waals surface area contributed by atoms with Crippen molar-refractivity contribution in [3.8, 4) is 0 Å². The second kappa shape index (κ2) is 9.49. The van der Waals surface area contributed by atoms with Crippen molar-refractivity contribution in [1.82, 2.24) is 9.55 Å². The summed E-state index contributed by atoms with van der Waals surface area (Å²) in [5.41, 5.74) is 0.556. The Hall–Kier alpha value is -0.730. The summed E-state index contributed by atoms with van der Waals surface area (Å²) >= 11 is 5.84. The third-order valence-corrected chi connectivity index (χ3v) is 9.63. The van der Waals surface area contributed by atoms with Crippen molar-refractivity contribution in [3.05, 3.63) is 22.7 Å². The van der Waals surface area contributed by atoms with Crippen LogP contribution in [0.15, 0.2) is 17.1 Å². The van der Waals surface area contributed by atoms with Gasteiger partial charge in [0.25, 0.3) is 0 Å². The normalized spacial score (nSPS) is 31.1. The van der Waals surface area contributed by atoms with E-state index in [1.165, 1.54) is 0 Å². The Balaban J connectivity index is 2.28. The highest BCUT2D eigenvalue weighted by atomic mass is 35.5. The molecule has 2 rings (SSSR count). The molecule has 0 bridgehead atoms. The number of aromatic nitrogens is 2. The van der Waals surface area contributed by atoms with Crippen molar-refractivity contribution in [2.45, 2.75) is 43.1 Å². The molecule has 0 aliphatic carbocycles. The second-order valence-corrected chi connectivity index (χ2v) is 12.4. The Bertz CT molecular complexity index is 1050. The molecule has 0 amide bonds. The first-order chi connectivity index (χ1) is 14.4. The molecule has 184 valence electrons. The maximum absolute atomic E-state index is 14.8. The molecule has 0 radical (unpaired) electrons. The number of alkyl halides is 2. The number of rotatable bonds is 9. The summed E-state index contributed by atoms with van der Waals surface area (Å²) in [5, 5.41) is 10.4. The fourth-order valence-electron chi connectivity index (χ4n) is 2.98. The van der Waals surface area contributed by atoms with E-state index in [1.807, 2.05) is 0 Å². The Labute approximate surface area is 184 Å². The number of nitrogens with zero attached hydrogens (tertiary/aromatic N) is 2. The molecular formula is C12H20ClFN3O12P3. The molecule has 15 nitrogen and oxygen atoms in total. The average molecular weight is 546 g/mol. The van der Waals surface area contributed by atoms with E-state index < -0.39 is 71.0 Å². The average Bonchev–Trinajstić information content (AvgIpc) is 2.84. The van der Waals surface area contributed by atoms with Crippen LogP contribution in [0, 0.1) is 0 Å². The molecule has 2 heterocycles. The van der Waals surface area contributed by atoms with Crippen molar-refractivity contribution in [2.24, 2.45) is 0 Å². The standard InChI is InChI=1S/C12H20ClFN3O12P3/c1-6(30(20,21)28-32(25,26)29-31(22,23)24)4-12(5-13)9(18)8(14)10(27-12)17-3-2-7(15)16-11(17)19/h2-3,6,8-10,18H,4-5H2,1H3,(H,20,21)(H,25,26)(H2,15,16,19)(H2,22,23,24)/t6?,8-,9+,10-,12+/m1/s1. The third kappa shape index (κ3) is 6.23. The lowest BCUT2D eigenvalue weighted by Crippen LogP contribution is -2.46. The van der Waals surface area contributed by atoms with Crippen LogP contribution in [0.2, 0.25) is 0 Å². The minimum absolute atomic E-state index is 0.165. The quantitative estimate of drug-likeness (QED) is 0.180. The molecule has 1 aromatic heterocycles. The third-order valence-electron chi connectivity index (χ3n) is 4.45. The summed E-state index contributed by atoms with van der Waals surface area (Å²) < 4.78 is 63.2. The molecule has 0 spiro atoms. The lowest BCUT2D eigenvalue weighted by atomic mass is 9.92. The summed E-state index contributed by atoms with van der Waals surface area (Å²) in [6.45, 7) is 0.972. The summed E-state index contributed by atoms with van der Waals surface area (Å²) in [7, 11) is -16.5. The summed E-state index contributed by atoms with van der Waals surface area (Å²) in [6.07, 6.45) is -5.76. The molecule has 20 heteroatoms. The second-order valence-electron chi connectivity index (χ2n) is 6.88. The van der Waals surface area contributed by atoms with Gasteiger partial charge in [0.05, 0.1) is 11.5 Å². The van der Waals surface area contributed by atoms with Crippen molar-refractivity contribution < 1.29 is 56.1 Å². The first-order valence-electron chi connectivity index (χ1n) is 8.47. The molecule has 1 aliphatic rings. The summed E-state index contributed by atoms with van der Waals surface area (Å²) in [4.78, 5) is 51.9. The number of aliphatic hydroxyl groups is 1. The Morgan fingerprint density at radius 1 is 1.34 bits per heavy atom. The van der Waals surface area contributed by atoms with Gasteiger partial charge < -0.3 is 35.2 Å². The van der Waals surface area contributed by atoms with Crippen LogP contribution in [0.4, 0.5) is 10.2 Å². The first-order valence-corrected chi connectivity index (χ1v) is 13.7. The van der Waals surface area contributed by atoms with E-state index in [0.717, 1.165) is 19.2 Å². The van der Waals surface area contributed by atoms with Crippen LogP contribution in [-0.4, -0.2) is 63.6 Å². The number of nitrogen functional groups attached to an aromatic ring is 1. The molecular weight excluding hydrogens is 526 g/mol. The smallest absolute Gasteiger partial charge is 0.387 e. The first kappa shape index (κ1) is 27.5. The molecule has 32 heavy (non-hydrogen) atoms. The lowest BCUT2D eigenvalue weighted by Gasteiger charge is -2.33. The summed E-state index contributed by atoms with van der Waals surface area (Å²) in [6, 6.07) is 1.16. The molecule has 0 aromatic carbocycles. The van der Waals surface area contributed by atoms with Gasteiger partial charge in [-0.1, -0.05) is 6.92 Å². The number of phosphoric acid groups is 2. The van der Waals surface area contributed by atoms with Crippen LogP contribution in [0.1, 0.15) is 19.6 Å². The number of hydrogen-bond donors (Lipinski definition) is 6. The minimum Gasteiger partial charge on any atom is -0.387 e. The fraction of sp³-hybridized carbons (Fsp3) is 0.667. The SMILES string of the molecule is CC(C[C@@]1(CCl)O[C@@H](n2ccc(N)nc2=O)[C@H](F)[C@@H]1O)P(=O)(O)OP(=O)(O)OP(=O)(O)O. The van der Waals surface area contributed by atoms with E-state index in [2.05, 4.69) is 13.6 Å². The minimum atomic E-state index is -5.72. The number of halogens is 2. The Morgan fingerprint density at radius 2 is 1.94 bits per heavy atom. The van der Waals surface area contributed by atoms with E-state index in [1.54, 1.807) is 0 Å². The zero-order valence-corrected chi connectivity index (χ0v) is 19.5. The van der Waals surface area contributed by atoms with Crippen molar-refractivity contribution in [1.29, 1.82) is 0 Å². The van der Waals surface area contributed by atoms with Crippen molar-refractivity contribution >= 4 is 40.7 Å². The van der Waals surface area contributed by atoms with E-state index in [9.17, 15) is 37.8 Å². The maximum Gasteiger partial charge on any atom is 0.488 e. The van der Waals surface area contributed by atoms with Gasteiger partial charge in [0.2, 0.25) is 0 Å². The predicted molar refractivity (Wildman–Crippen MR) is 105 cm³/mol. The van der Waals surface area contributed by atoms with E-state index in [0.29, 0.717) is 4.57 Å². The monoisotopic (exact) mass is 545 g/mol. The highest BCUT2D eigenvalue weighted by Crippen LogP contribution is 2.68. The largest absolute Gasteiger partial charge is 0.488 e. The van der Waals surface area contributed by atoms with Gasteiger partial charge >= 0.3 is 28.9 Å². The zero-order valence-electron chi connectivity index (χ0n) is 16.0. The molecule has 3 unspecified atom stereocenters. The topological polar surface area (TPSA) is 241 Å². The fourth-order valence-corrected chi connectivity index (χ4v) is 7.14. The zero-order chi connectivity index (χ0) is 24.7. The van der Waals surface area contributed by atoms with Crippen LogP contribution < -0.4 is 11.4 Å². The maximum atomic E-state index is 14.8. The molecule has 1 aromatic rings. The number of ether oxygens (including phenoxy) is 1. The summed E-state index contributed by atoms with van der Waals surface area (Å²) in [5.74, 6) is -0.829. The highest BCUT2D eigenvalue weighted by Gasteiger charge is 2.58. The molecule has 7 atom stereocenters. The van der Waals surface area contributed by atoms with Gasteiger partial charge in [-0.3, -0.25) is 9.13 Å². The van der Waals surface area contributed by atoms with Gasteiger partial charge in [-0.15, -0.1) is 11.6 Å². The van der Waals surface area contributed by atoms with Gasteiger partial charge in [0, 0.05) is 6.20 Å². The van der Waals surface area contributed by atoms with E-state index >= 15 is 0 Å². The van der Waals surface area contributed by atoms with E-state index in [-0.39, 0.29) is 5.82 Å². The van der Waals surface area contributed by atoms with Gasteiger partial charge in [-0.25, -0.2) is 22.6 Å². The number of hydrogen-bond acceptors (Lipinski definition) is 10. The predicted octanol–water partition coefficient (Wildman–Crippen LogP) is 0.221. The van der Waals surface area contributed by atoms with Gasteiger partial charge in [-0.05, 0) is 12.5 Å². The highest BCUT2D eigenvalue weighted by molar-refractivity contribution is 7.68. The Kier molecular flexibility index (Phi) is 8.16. The molecule has 0 saturated carbocycles. The molecule has 1 saturated heterocycles. The molecule has 7 N–H and O–H groups in total. The van der Waals surface area contributed by atoms with Crippen molar-refractivity contribution in [2.75, 3.05) is 11.6 Å². The van der Waals surface area contributed by atoms with Crippen molar-refractivity contribution in [3.63, 3.8) is 0 Å². The van der Waals surface area contributed by atoms with E-state index in [4.69, 9.17) is 31.9 Å².